The maximum absolute atomic E-state index is 11.9. The SMILES string of the molecule is N[C@H](CC(F)(F)F)c1ccccc1. The van der Waals surface area contributed by atoms with E-state index in [2.05, 4.69) is 0 Å². The van der Waals surface area contributed by atoms with E-state index in [0.717, 1.165) is 0 Å². The van der Waals surface area contributed by atoms with Crippen LogP contribution < -0.4 is 5.73 Å². The third-order valence-electron chi connectivity index (χ3n) is 1.68. The van der Waals surface area contributed by atoms with Crippen molar-refractivity contribution >= 4 is 0 Å². The third-order valence-corrected chi connectivity index (χ3v) is 1.68. The number of rotatable bonds is 2. The Hall–Kier alpha value is -1.03. The first-order valence-corrected chi connectivity index (χ1v) is 3.86. The van der Waals surface area contributed by atoms with Crippen LogP contribution in [0, 0.1) is 0 Å². The molecule has 1 atom stereocenters. The average Bonchev–Trinajstić information content (AvgIpc) is 2.03. The van der Waals surface area contributed by atoms with E-state index in [1.54, 1.807) is 30.3 Å². The monoisotopic (exact) mass is 189 g/mol. The molecule has 0 amide bonds. The topological polar surface area (TPSA) is 26.0 Å². The van der Waals surface area contributed by atoms with Crippen molar-refractivity contribution in [3.05, 3.63) is 35.9 Å². The lowest BCUT2D eigenvalue weighted by molar-refractivity contribution is -0.138. The Balaban J connectivity index is 2.64. The van der Waals surface area contributed by atoms with E-state index in [-0.39, 0.29) is 0 Å². The molecular formula is C9H10F3N. The van der Waals surface area contributed by atoms with Gasteiger partial charge in [-0.25, -0.2) is 0 Å². The van der Waals surface area contributed by atoms with Crippen molar-refractivity contribution in [1.29, 1.82) is 0 Å². The molecule has 72 valence electrons. The van der Waals surface area contributed by atoms with Crippen molar-refractivity contribution in [3.63, 3.8) is 0 Å². The molecule has 0 radical (unpaired) electrons. The van der Waals surface area contributed by atoms with E-state index < -0.39 is 18.6 Å². The van der Waals surface area contributed by atoms with Gasteiger partial charge in [0.2, 0.25) is 0 Å². The fraction of sp³-hybridized carbons (Fsp3) is 0.333. The smallest absolute Gasteiger partial charge is 0.324 e. The van der Waals surface area contributed by atoms with Gasteiger partial charge in [0.15, 0.2) is 0 Å². The molecule has 1 nitrogen and oxygen atoms in total. The van der Waals surface area contributed by atoms with Crippen LogP contribution in [0.2, 0.25) is 0 Å². The second kappa shape index (κ2) is 3.79. The molecule has 0 saturated heterocycles. The number of alkyl halides is 3. The van der Waals surface area contributed by atoms with Gasteiger partial charge in [0.1, 0.15) is 0 Å². The van der Waals surface area contributed by atoms with Crippen molar-refractivity contribution in [3.8, 4) is 0 Å². The van der Waals surface area contributed by atoms with Crippen LogP contribution in [-0.4, -0.2) is 6.18 Å². The number of hydrogen-bond donors (Lipinski definition) is 1. The maximum Gasteiger partial charge on any atom is 0.390 e. The predicted molar refractivity (Wildman–Crippen MR) is 44.0 cm³/mol. The second-order valence-corrected chi connectivity index (χ2v) is 2.84. The fourth-order valence-electron chi connectivity index (χ4n) is 1.07. The Kier molecular flexibility index (Phi) is 2.93. The number of hydrogen-bond acceptors (Lipinski definition) is 1. The molecule has 1 aromatic rings. The zero-order chi connectivity index (χ0) is 9.90. The van der Waals surface area contributed by atoms with Crippen molar-refractivity contribution < 1.29 is 13.2 Å². The van der Waals surface area contributed by atoms with Crippen molar-refractivity contribution in [2.45, 2.75) is 18.6 Å². The lowest BCUT2D eigenvalue weighted by Gasteiger charge is -2.13. The molecule has 0 unspecified atom stereocenters. The molecule has 0 spiro atoms. The van der Waals surface area contributed by atoms with E-state index >= 15 is 0 Å². The lowest BCUT2D eigenvalue weighted by Crippen LogP contribution is -2.20. The second-order valence-electron chi connectivity index (χ2n) is 2.84. The van der Waals surface area contributed by atoms with E-state index in [1.807, 2.05) is 0 Å². The van der Waals surface area contributed by atoms with Crippen molar-refractivity contribution in [1.82, 2.24) is 0 Å². The molecule has 0 bridgehead atoms. The van der Waals surface area contributed by atoms with Gasteiger partial charge in [-0.1, -0.05) is 30.3 Å². The molecule has 2 N–H and O–H groups in total. The zero-order valence-electron chi connectivity index (χ0n) is 6.88. The Morgan fingerprint density at radius 1 is 1.15 bits per heavy atom. The van der Waals surface area contributed by atoms with Gasteiger partial charge in [0, 0.05) is 6.04 Å². The molecule has 0 aliphatic heterocycles. The summed E-state index contributed by atoms with van der Waals surface area (Å²) in [5.74, 6) is 0. The Morgan fingerprint density at radius 3 is 2.15 bits per heavy atom. The minimum atomic E-state index is -4.20. The number of nitrogens with two attached hydrogens (primary N) is 1. The van der Waals surface area contributed by atoms with Crippen LogP contribution in [0.5, 0.6) is 0 Å². The van der Waals surface area contributed by atoms with Crippen LogP contribution in [0.4, 0.5) is 13.2 Å². The molecule has 0 fully saturated rings. The molecule has 0 saturated carbocycles. The van der Waals surface area contributed by atoms with Gasteiger partial charge >= 0.3 is 6.18 Å². The Morgan fingerprint density at radius 2 is 1.69 bits per heavy atom. The average molecular weight is 189 g/mol. The minimum absolute atomic E-state index is 0.514. The van der Waals surface area contributed by atoms with Crippen LogP contribution in [0.25, 0.3) is 0 Å². The summed E-state index contributed by atoms with van der Waals surface area (Å²) in [7, 11) is 0. The minimum Gasteiger partial charge on any atom is -0.324 e. The quantitative estimate of drug-likeness (QED) is 0.760. The van der Waals surface area contributed by atoms with Crippen LogP contribution in [0.3, 0.4) is 0 Å². The first kappa shape index (κ1) is 10.1. The van der Waals surface area contributed by atoms with Crippen LogP contribution >= 0.6 is 0 Å². The van der Waals surface area contributed by atoms with Gasteiger partial charge < -0.3 is 5.73 Å². The molecule has 1 rings (SSSR count). The molecule has 4 heteroatoms. The van der Waals surface area contributed by atoms with Crippen LogP contribution in [0.15, 0.2) is 30.3 Å². The lowest BCUT2D eigenvalue weighted by atomic mass is 10.1. The third kappa shape index (κ3) is 3.46. The Bertz CT molecular complexity index is 255. The summed E-state index contributed by atoms with van der Waals surface area (Å²) >= 11 is 0. The summed E-state index contributed by atoms with van der Waals surface area (Å²) < 4.78 is 35.7. The molecule has 0 aliphatic carbocycles. The summed E-state index contributed by atoms with van der Waals surface area (Å²) in [6.45, 7) is 0. The number of benzene rings is 1. The molecule has 0 aliphatic rings. The summed E-state index contributed by atoms with van der Waals surface area (Å²) in [5, 5.41) is 0. The van der Waals surface area contributed by atoms with E-state index in [4.69, 9.17) is 5.73 Å². The number of halogens is 3. The highest BCUT2D eigenvalue weighted by molar-refractivity contribution is 5.18. The van der Waals surface area contributed by atoms with Gasteiger partial charge in [0.05, 0.1) is 6.42 Å². The highest BCUT2D eigenvalue weighted by atomic mass is 19.4. The van der Waals surface area contributed by atoms with Gasteiger partial charge in [-0.15, -0.1) is 0 Å². The highest BCUT2D eigenvalue weighted by Gasteiger charge is 2.30. The van der Waals surface area contributed by atoms with Crippen molar-refractivity contribution in [2.75, 3.05) is 0 Å². The first-order chi connectivity index (χ1) is 5.99. The summed E-state index contributed by atoms with van der Waals surface area (Å²) in [5.41, 5.74) is 5.87. The molecule has 0 heterocycles. The highest BCUT2D eigenvalue weighted by Crippen LogP contribution is 2.27. The van der Waals surface area contributed by atoms with Crippen LogP contribution in [-0.2, 0) is 0 Å². The van der Waals surface area contributed by atoms with Gasteiger partial charge in [-0.3, -0.25) is 0 Å². The van der Waals surface area contributed by atoms with E-state index in [0.29, 0.717) is 5.56 Å². The maximum atomic E-state index is 11.9. The normalized spacial score (nSPS) is 14.2. The molecule has 1 aromatic carbocycles. The summed E-state index contributed by atoms with van der Waals surface area (Å²) in [6, 6.07) is 7.31. The largest absolute Gasteiger partial charge is 0.390 e. The Labute approximate surface area is 74.4 Å². The van der Waals surface area contributed by atoms with Crippen LogP contribution in [0.1, 0.15) is 18.0 Å². The van der Waals surface area contributed by atoms with Gasteiger partial charge in [-0.2, -0.15) is 13.2 Å². The standard InChI is InChI=1S/C9H10F3N/c10-9(11,12)6-8(13)7-4-2-1-3-5-7/h1-5,8H,6,13H2/t8-/m1/s1. The van der Waals surface area contributed by atoms with E-state index in [1.165, 1.54) is 0 Å². The predicted octanol–water partition coefficient (Wildman–Crippen LogP) is 2.64. The van der Waals surface area contributed by atoms with E-state index in [9.17, 15) is 13.2 Å². The molecule has 13 heavy (non-hydrogen) atoms. The summed E-state index contributed by atoms with van der Waals surface area (Å²) in [6.07, 6.45) is -5.17. The van der Waals surface area contributed by atoms with Gasteiger partial charge in [-0.05, 0) is 5.56 Å². The summed E-state index contributed by atoms with van der Waals surface area (Å²) in [4.78, 5) is 0. The zero-order valence-corrected chi connectivity index (χ0v) is 6.88. The molecule has 0 aromatic heterocycles. The molecular weight excluding hydrogens is 179 g/mol. The van der Waals surface area contributed by atoms with Gasteiger partial charge in [0.25, 0.3) is 0 Å². The first-order valence-electron chi connectivity index (χ1n) is 3.86. The van der Waals surface area contributed by atoms with Crippen molar-refractivity contribution in [2.24, 2.45) is 5.73 Å². The fourth-order valence-corrected chi connectivity index (χ4v) is 1.07.